The van der Waals surface area contributed by atoms with Gasteiger partial charge in [0, 0.05) is 12.0 Å². The van der Waals surface area contributed by atoms with E-state index in [1.807, 2.05) is 0 Å². The molecule has 0 atom stereocenters. The van der Waals surface area contributed by atoms with E-state index in [1.165, 1.54) is 6.92 Å². The fourth-order valence-electron chi connectivity index (χ4n) is 1.61. The summed E-state index contributed by atoms with van der Waals surface area (Å²) < 4.78 is 57.0. The molecule has 2 rings (SSSR count). The summed E-state index contributed by atoms with van der Waals surface area (Å²) in [6.45, 7) is 4.37. The summed E-state index contributed by atoms with van der Waals surface area (Å²) in [5.74, 6) is -1.03. The van der Waals surface area contributed by atoms with Gasteiger partial charge in [-0.1, -0.05) is 10.3 Å². The first-order valence-electron chi connectivity index (χ1n) is 5.49. The van der Waals surface area contributed by atoms with Gasteiger partial charge in [0.05, 0.1) is 0 Å². The first kappa shape index (κ1) is 15.4. The van der Waals surface area contributed by atoms with Crippen molar-refractivity contribution < 1.29 is 26.6 Å². The van der Waals surface area contributed by atoms with E-state index in [4.69, 9.17) is 4.84 Å². The highest BCUT2D eigenvalue weighted by Crippen LogP contribution is 2.41. The summed E-state index contributed by atoms with van der Waals surface area (Å²) in [5.41, 5.74) is -1.02. The Hall–Kier alpha value is -1.03. The van der Waals surface area contributed by atoms with E-state index >= 15 is 0 Å². The third-order valence-corrected chi connectivity index (χ3v) is 5.19. The van der Waals surface area contributed by atoms with Crippen LogP contribution in [0.1, 0.15) is 31.6 Å². The number of alkyl halides is 2. The zero-order valence-electron chi connectivity index (χ0n) is 10.8. The van der Waals surface area contributed by atoms with Gasteiger partial charge in [0.2, 0.25) is 5.76 Å². The SMILES string of the molecule is Cc1c(Br)noc1C(F)(F)S(=O)(=O)C1=NOC(C)(C)C1. The topological polar surface area (TPSA) is 81.8 Å². The molecule has 0 spiro atoms. The summed E-state index contributed by atoms with van der Waals surface area (Å²) in [6.07, 6.45) is -0.237. The number of rotatable bonds is 2. The Bertz CT molecular complexity index is 681. The van der Waals surface area contributed by atoms with Crippen LogP contribution in [0.5, 0.6) is 0 Å². The minimum Gasteiger partial charge on any atom is -0.389 e. The molecule has 1 aliphatic heterocycles. The van der Waals surface area contributed by atoms with Gasteiger partial charge in [0.25, 0.3) is 9.84 Å². The molecule has 0 saturated heterocycles. The monoisotopic (exact) mass is 372 g/mol. The largest absolute Gasteiger partial charge is 0.410 e. The molecule has 10 heteroatoms. The van der Waals surface area contributed by atoms with E-state index < -0.39 is 31.5 Å². The van der Waals surface area contributed by atoms with Crippen molar-refractivity contribution in [1.82, 2.24) is 5.16 Å². The van der Waals surface area contributed by atoms with Crippen molar-refractivity contribution in [2.24, 2.45) is 5.16 Å². The fourth-order valence-corrected chi connectivity index (χ4v) is 3.26. The second-order valence-corrected chi connectivity index (χ2v) is 7.70. The van der Waals surface area contributed by atoms with Crippen molar-refractivity contribution in [3.05, 3.63) is 15.9 Å². The Labute approximate surface area is 122 Å². The lowest BCUT2D eigenvalue weighted by molar-refractivity contribution is 0.0123. The smallest absolute Gasteiger partial charge is 0.389 e. The van der Waals surface area contributed by atoms with Crippen LogP contribution in [0.2, 0.25) is 0 Å². The maximum atomic E-state index is 14.2. The molecule has 2 heterocycles. The van der Waals surface area contributed by atoms with E-state index in [0.717, 1.165) is 0 Å². The quantitative estimate of drug-likeness (QED) is 0.796. The maximum absolute atomic E-state index is 14.2. The van der Waals surface area contributed by atoms with Gasteiger partial charge in [0.15, 0.2) is 9.65 Å². The van der Waals surface area contributed by atoms with E-state index in [2.05, 4.69) is 30.8 Å². The second kappa shape index (κ2) is 4.48. The van der Waals surface area contributed by atoms with E-state index in [9.17, 15) is 17.2 Å². The van der Waals surface area contributed by atoms with Crippen LogP contribution < -0.4 is 0 Å². The van der Waals surface area contributed by atoms with Gasteiger partial charge in [-0.15, -0.1) is 0 Å². The summed E-state index contributed by atoms with van der Waals surface area (Å²) in [5, 5.41) is 1.57. The molecule has 20 heavy (non-hydrogen) atoms. The second-order valence-electron chi connectivity index (χ2n) is 4.96. The standard InChI is InChI=1S/C10H11BrF2N2O4S/c1-5-7(18-15-8(5)11)10(12,13)20(16,17)6-4-9(2,3)19-14-6/h4H2,1-3H3. The molecule has 0 amide bonds. The predicted molar refractivity (Wildman–Crippen MR) is 69.0 cm³/mol. The van der Waals surface area contributed by atoms with Gasteiger partial charge in [-0.25, -0.2) is 8.42 Å². The number of sulfone groups is 1. The lowest BCUT2D eigenvalue weighted by Crippen LogP contribution is -2.34. The highest BCUT2D eigenvalue weighted by molar-refractivity contribution is 9.10. The van der Waals surface area contributed by atoms with Gasteiger partial charge < -0.3 is 9.36 Å². The lowest BCUT2D eigenvalue weighted by Gasteiger charge is -2.16. The van der Waals surface area contributed by atoms with Gasteiger partial charge in [-0.3, -0.25) is 0 Å². The third kappa shape index (κ3) is 2.24. The Kier molecular flexibility index (Phi) is 3.44. The van der Waals surface area contributed by atoms with Gasteiger partial charge >= 0.3 is 5.25 Å². The van der Waals surface area contributed by atoms with Gasteiger partial charge in [0.1, 0.15) is 5.60 Å². The molecule has 0 fully saturated rings. The molecule has 0 radical (unpaired) electrons. The molecule has 1 aliphatic rings. The Morgan fingerprint density at radius 3 is 2.40 bits per heavy atom. The Balaban J connectivity index is 2.46. The molecule has 0 aliphatic carbocycles. The maximum Gasteiger partial charge on any atom is 0.410 e. The molecule has 0 saturated carbocycles. The van der Waals surface area contributed by atoms with Crippen LogP contribution in [0.4, 0.5) is 8.78 Å². The third-order valence-electron chi connectivity index (χ3n) is 2.75. The van der Waals surface area contributed by atoms with Crippen molar-refractivity contribution in [3.8, 4) is 0 Å². The van der Waals surface area contributed by atoms with Crippen molar-refractivity contribution in [3.63, 3.8) is 0 Å². The highest BCUT2D eigenvalue weighted by atomic mass is 79.9. The Morgan fingerprint density at radius 2 is 2.00 bits per heavy atom. The van der Waals surface area contributed by atoms with Crippen LogP contribution in [0.3, 0.4) is 0 Å². The number of aromatic nitrogens is 1. The predicted octanol–water partition coefficient (Wildman–Crippen LogP) is 2.72. The highest BCUT2D eigenvalue weighted by Gasteiger charge is 2.56. The molecule has 0 aromatic carbocycles. The van der Waals surface area contributed by atoms with Crippen LogP contribution in [-0.4, -0.2) is 24.2 Å². The summed E-state index contributed by atoms with van der Waals surface area (Å²) in [7, 11) is -5.03. The van der Waals surface area contributed by atoms with E-state index in [1.54, 1.807) is 13.8 Å². The number of oxime groups is 1. The van der Waals surface area contributed by atoms with E-state index in [-0.39, 0.29) is 16.6 Å². The molecular formula is C10H11BrF2N2O4S. The van der Waals surface area contributed by atoms with Crippen LogP contribution in [0.15, 0.2) is 14.3 Å². The average Bonchev–Trinajstić information content (AvgIpc) is 2.83. The number of halogens is 3. The number of nitrogens with zero attached hydrogens (tertiary/aromatic N) is 2. The fraction of sp³-hybridized carbons (Fsp3) is 0.600. The normalized spacial score (nSPS) is 18.8. The van der Waals surface area contributed by atoms with Crippen molar-refractivity contribution in [2.75, 3.05) is 0 Å². The molecule has 0 N–H and O–H groups in total. The number of hydrogen-bond donors (Lipinski definition) is 0. The average molecular weight is 373 g/mol. The molecule has 1 aromatic rings. The minimum absolute atomic E-state index is 0.0207. The van der Waals surface area contributed by atoms with Crippen molar-refractivity contribution in [1.29, 1.82) is 0 Å². The van der Waals surface area contributed by atoms with Crippen LogP contribution in [0, 0.1) is 6.92 Å². The van der Waals surface area contributed by atoms with Crippen LogP contribution >= 0.6 is 15.9 Å². The summed E-state index contributed by atoms with van der Waals surface area (Å²) in [4.78, 5) is 4.83. The zero-order chi connectivity index (χ0) is 15.3. The number of hydrogen-bond acceptors (Lipinski definition) is 6. The van der Waals surface area contributed by atoms with E-state index in [0.29, 0.717) is 0 Å². The molecule has 1 aromatic heterocycles. The summed E-state index contributed by atoms with van der Waals surface area (Å²) in [6, 6.07) is 0. The molecule has 112 valence electrons. The zero-order valence-corrected chi connectivity index (χ0v) is 13.2. The van der Waals surface area contributed by atoms with Gasteiger partial charge in [-0.2, -0.15) is 8.78 Å². The molecule has 0 bridgehead atoms. The van der Waals surface area contributed by atoms with Gasteiger partial charge in [-0.05, 0) is 36.7 Å². The van der Waals surface area contributed by atoms with Crippen LogP contribution in [-0.2, 0) is 19.9 Å². The molecule has 6 nitrogen and oxygen atoms in total. The minimum atomic E-state index is -5.03. The first-order valence-corrected chi connectivity index (χ1v) is 7.76. The van der Waals surface area contributed by atoms with Crippen LogP contribution in [0.25, 0.3) is 0 Å². The molecular weight excluding hydrogens is 362 g/mol. The molecule has 0 unspecified atom stereocenters. The first-order chi connectivity index (χ1) is 8.99. The summed E-state index contributed by atoms with van der Waals surface area (Å²) >= 11 is 2.89. The Morgan fingerprint density at radius 1 is 1.40 bits per heavy atom. The van der Waals surface area contributed by atoms with Crippen molar-refractivity contribution >= 4 is 30.8 Å². The van der Waals surface area contributed by atoms with Crippen molar-refractivity contribution in [2.45, 2.75) is 38.0 Å². The lowest BCUT2D eigenvalue weighted by atomic mass is 10.1.